The maximum absolute atomic E-state index is 4.77. The summed E-state index contributed by atoms with van der Waals surface area (Å²) in [4.78, 5) is 16.3. The fourth-order valence-corrected chi connectivity index (χ4v) is 4.24. The summed E-state index contributed by atoms with van der Waals surface area (Å²) in [6.45, 7) is 5.40. The zero-order chi connectivity index (χ0) is 18.6. The Morgan fingerprint density at radius 1 is 1.07 bits per heavy atom. The van der Waals surface area contributed by atoms with Gasteiger partial charge in [0.15, 0.2) is 5.16 Å². The zero-order valence-corrected chi connectivity index (χ0v) is 16.7. The van der Waals surface area contributed by atoms with Crippen LogP contribution in [0.4, 0.5) is 0 Å². The molecule has 0 aliphatic carbocycles. The lowest BCUT2D eigenvalue weighted by molar-refractivity contribution is 0.378. The van der Waals surface area contributed by atoms with Crippen molar-refractivity contribution in [2.24, 2.45) is 5.92 Å². The van der Waals surface area contributed by atoms with E-state index in [-0.39, 0.29) is 0 Å². The molecule has 1 unspecified atom stereocenters. The molecule has 1 aliphatic heterocycles. The van der Waals surface area contributed by atoms with Crippen molar-refractivity contribution in [2.75, 3.05) is 25.9 Å². The molecule has 27 heavy (non-hydrogen) atoms. The molecule has 3 aromatic rings. The predicted octanol–water partition coefficient (Wildman–Crippen LogP) is 4.07. The summed E-state index contributed by atoms with van der Waals surface area (Å²) in [6, 6.07) is 10.4. The average molecular weight is 380 g/mol. The molecule has 5 nitrogen and oxygen atoms in total. The van der Waals surface area contributed by atoms with Crippen molar-refractivity contribution < 1.29 is 0 Å². The number of hydrogen-bond donors (Lipinski definition) is 0. The van der Waals surface area contributed by atoms with Crippen LogP contribution in [0.15, 0.2) is 54.2 Å². The van der Waals surface area contributed by atoms with E-state index in [4.69, 9.17) is 4.98 Å². The molecule has 3 heterocycles. The number of imidazole rings is 1. The van der Waals surface area contributed by atoms with Crippen LogP contribution in [0.5, 0.6) is 0 Å². The second-order valence-corrected chi connectivity index (χ2v) is 8.30. The highest BCUT2D eigenvalue weighted by atomic mass is 32.2. The molecule has 1 atom stereocenters. The van der Waals surface area contributed by atoms with Gasteiger partial charge < -0.3 is 9.47 Å². The molecule has 140 valence electrons. The molecule has 0 spiro atoms. The molecule has 0 radical (unpaired) electrons. The van der Waals surface area contributed by atoms with Gasteiger partial charge in [-0.15, -0.1) is 0 Å². The van der Waals surface area contributed by atoms with Crippen LogP contribution in [0.1, 0.15) is 13.3 Å². The van der Waals surface area contributed by atoms with E-state index in [1.807, 2.05) is 24.8 Å². The Labute approximate surface area is 164 Å². The summed E-state index contributed by atoms with van der Waals surface area (Å²) in [7, 11) is 2.20. The zero-order valence-electron chi connectivity index (χ0n) is 15.9. The molecule has 1 aromatic carbocycles. The highest BCUT2D eigenvalue weighted by Crippen LogP contribution is 2.32. The third-order valence-corrected chi connectivity index (χ3v) is 5.76. The monoisotopic (exact) mass is 379 g/mol. The number of nitrogens with zero attached hydrogens (tertiary/aromatic N) is 5. The first kappa shape index (κ1) is 18.2. The highest BCUT2D eigenvalue weighted by molar-refractivity contribution is 7.99. The molecule has 6 heteroatoms. The highest BCUT2D eigenvalue weighted by Gasteiger charge is 2.23. The van der Waals surface area contributed by atoms with Crippen molar-refractivity contribution in [2.45, 2.75) is 25.0 Å². The summed E-state index contributed by atoms with van der Waals surface area (Å²) in [5.74, 6) is 1.63. The van der Waals surface area contributed by atoms with E-state index in [0.29, 0.717) is 5.92 Å². The molecule has 1 aliphatic rings. The van der Waals surface area contributed by atoms with Crippen molar-refractivity contribution >= 4 is 11.8 Å². The smallest absolute Gasteiger partial charge is 0.187 e. The summed E-state index contributed by atoms with van der Waals surface area (Å²) >= 11 is 1.66. The fraction of sp³-hybridized carbons (Fsp3) is 0.381. The topological polar surface area (TPSA) is 46.8 Å². The van der Waals surface area contributed by atoms with E-state index < -0.39 is 0 Å². The number of thioether (sulfide) groups is 1. The third kappa shape index (κ3) is 4.06. The van der Waals surface area contributed by atoms with E-state index >= 15 is 0 Å². The van der Waals surface area contributed by atoms with Gasteiger partial charge in [0.1, 0.15) is 0 Å². The van der Waals surface area contributed by atoms with Gasteiger partial charge in [-0.2, -0.15) is 0 Å². The van der Waals surface area contributed by atoms with E-state index in [1.54, 1.807) is 11.8 Å². The lowest BCUT2D eigenvalue weighted by Crippen LogP contribution is -2.17. The van der Waals surface area contributed by atoms with Gasteiger partial charge in [0.05, 0.1) is 17.7 Å². The van der Waals surface area contributed by atoms with Gasteiger partial charge in [-0.3, -0.25) is 0 Å². The van der Waals surface area contributed by atoms with Crippen molar-refractivity contribution in [1.82, 2.24) is 24.4 Å². The van der Waals surface area contributed by atoms with Gasteiger partial charge in [0.2, 0.25) is 0 Å². The third-order valence-electron chi connectivity index (χ3n) is 5.00. The van der Waals surface area contributed by atoms with E-state index in [9.17, 15) is 0 Å². The molecular weight excluding hydrogens is 354 g/mol. The Balaban J connectivity index is 1.72. The number of aromatic nitrogens is 4. The maximum atomic E-state index is 4.77. The quantitative estimate of drug-likeness (QED) is 0.477. The Bertz CT molecular complexity index is 875. The molecule has 1 fully saturated rings. The van der Waals surface area contributed by atoms with Crippen LogP contribution in [0.3, 0.4) is 0 Å². The van der Waals surface area contributed by atoms with Gasteiger partial charge >= 0.3 is 0 Å². The van der Waals surface area contributed by atoms with Gasteiger partial charge in [0.25, 0.3) is 0 Å². The van der Waals surface area contributed by atoms with Crippen molar-refractivity contribution in [3.05, 3.63) is 49.1 Å². The van der Waals surface area contributed by atoms with Gasteiger partial charge in [-0.1, -0.05) is 49.0 Å². The Hall–Kier alpha value is -2.18. The van der Waals surface area contributed by atoms with Crippen molar-refractivity contribution in [3.63, 3.8) is 0 Å². The first-order chi connectivity index (χ1) is 13.2. The van der Waals surface area contributed by atoms with Crippen LogP contribution in [-0.4, -0.2) is 50.3 Å². The van der Waals surface area contributed by atoms with Gasteiger partial charge in [-0.25, -0.2) is 15.0 Å². The van der Waals surface area contributed by atoms with Crippen LogP contribution in [0, 0.1) is 5.92 Å². The van der Waals surface area contributed by atoms with Crippen molar-refractivity contribution in [1.29, 1.82) is 0 Å². The van der Waals surface area contributed by atoms with Crippen LogP contribution in [0.25, 0.3) is 22.5 Å². The van der Waals surface area contributed by atoms with E-state index in [0.717, 1.165) is 46.5 Å². The summed E-state index contributed by atoms with van der Waals surface area (Å²) < 4.78 is 2.29. The second-order valence-electron chi connectivity index (χ2n) is 7.06. The molecule has 2 aromatic heterocycles. The molecule has 1 saturated heterocycles. The molecule has 0 saturated carbocycles. The van der Waals surface area contributed by atoms with E-state index in [2.05, 4.69) is 57.7 Å². The molecular formula is C21H25N5S. The summed E-state index contributed by atoms with van der Waals surface area (Å²) in [5, 5.41) is 0.825. The Kier molecular flexibility index (Phi) is 5.55. The Morgan fingerprint density at radius 3 is 2.52 bits per heavy atom. The predicted molar refractivity (Wildman–Crippen MR) is 111 cm³/mol. The molecule has 4 rings (SSSR count). The number of likely N-dealkylation sites (tertiary alicyclic amines) is 1. The minimum absolute atomic E-state index is 0.655. The van der Waals surface area contributed by atoms with Crippen LogP contribution >= 0.6 is 11.8 Å². The minimum Gasteiger partial charge on any atom is -0.330 e. The molecule has 0 amide bonds. The standard InChI is InChI=1S/C21H25N5S/c1-3-27-21-22-11-18(12-23-21)20-19(17-7-5-4-6-8-17)24-15-26(20)14-16-9-10-25(2)13-16/h4-8,11-12,15-16H,3,9-10,13-14H2,1-2H3. The van der Waals surface area contributed by atoms with E-state index in [1.165, 1.54) is 13.0 Å². The lowest BCUT2D eigenvalue weighted by atomic mass is 10.1. The van der Waals surface area contributed by atoms with Crippen LogP contribution in [0.2, 0.25) is 0 Å². The van der Waals surface area contributed by atoms with Gasteiger partial charge in [0, 0.05) is 36.6 Å². The fourth-order valence-electron chi connectivity index (χ4n) is 3.73. The lowest BCUT2D eigenvalue weighted by Gasteiger charge is -2.15. The largest absolute Gasteiger partial charge is 0.330 e. The summed E-state index contributed by atoms with van der Waals surface area (Å²) in [5.41, 5.74) is 4.27. The first-order valence-electron chi connectivity index (χ1n) is 9.49. The van der Waals surface area contributed by atoms with Crippen molar-refractivity contribution in [3.8, 4) is 22.5 Å². The SMILES string of the molecule is CCSc1ncc(-c2c(-c3ccccc3)ncn2CC2CCN(C)C2)cn1. The van der Waals surface area contributed by atoms with Gasteiger partial charge in [-0.05, 0) is 31.7 Å². The Morgan fingerprint density at radius 2 is 1.85 bits per heavy atom. The first-order valence-corrected chi connectivity index (χ1v) is 10.5. The summed E-state index contributed by atoms with van der Waals surface area (Å²) in [6.07, 6.45) is 7.08. The normalized spacial score (nSPS) is 17.5. The van der Waals surface area contributed by atoms with Crippen LogP contribution in [-0.2, 0) is 6.54 Å². The average Bonchev–Trinajstić information content (AvgIpc) is 3.30. The number of rotatable bonds is 6. The number of benzene rings is 1. The maximum Gasteiger partial charge on any atom is 0.187 e. The molecule has 0 N–H and O–H groups in total. The number of hydrogen-bond acceptors (Lipinski definition) is 5. The minimum atomic E-state index is 0.655. The molecule has 0 bridgehead atoms. The van der Waals surface area contributed by atoms with Crippen LogP contribution < -0.4 is 0 Å². The second kappa shape index (κ2) is 8.23.